The van der Waals surface area contributed by atoms with E-state index in [4.69, 9.17) is 11.6 Å². The summed E-state index contributed by atoms with van der Waals surface area (Å²) in [5.41, 5.74) is 1.06. The first kappa shape index (κ1) is 11.1. The lowest BCUT2D eigenvalue weighted by molar-refractivity contribution is 0.587. The number of nitrogens with one attached hydrogen (secondary N) is 1. The number of rotatable bonds is 1. The van der Waals surface area contributed by atoms with Crippen LogP contribution in [-0.4, -0.2) is 22.3 Å². The number of halogens is 1. The van der Waals surface area contributed by atoms with Crippen LogP contribution in [-0.2, 0) is 10.8 Å². The van der Waals surface area contributed by atoms with Crippen molar-refractivity contribution in [3.8, 4) is 0 Å². The number of benzene rings is 1. The highest BCUT2D eigenvalue weighted by molar-refractivity contribution is 7.85. The molecule has 0 aliphatic carbocycles. The third kappa shape index (κ3) is 2.80. The highest BCUT2D eigenvalue weighted by Gasteiger charge is 2.19. The molecule has 4 heteroatoms. The molecule has 82 valence electrons. The van der Waals surface area contributed by atoms with E-state index >= 15 is 0 Å². The van der Waals surface area contributed by atoms with Crippen molar-refractivity contribution >= 4 is 22.4 Å². The van der Waals surface area contributed by atoms with E-state index in [1.54, 1.807) is 0 Å². The Bertz CT molecular complexity index is 369. The molecule has 2 nitrogen and oxygen atoms in total. The summed E-state index contributed by atoms with van der Waals surface area (Å²) in [7, 11) is -0.718. The molecule has 1 aliphatic heterocycles. The highest BCUT2D eigenvalue weighted by Crippen LogP contribution is 2.24. The van der Waals surface area contributed by atoms with E-state index in [1.807, 2.05) is 24.3 Å². The molecule has 1 heterocycles. The van der Waals surface area contributed by atoms with Crippen LogP contribution in [0.2, 0.25) is 5.02 Å². The van der Waals surface area contributed by atoms with E-state index in [0.29, 0.717) is 5.75 Å². The average Bonchev–Trinajstić information content (AvgIpc) is 2.43. The molecule has 15 heavy (non-hydrogen) atoms. The predicted molar refractivity (Wildman–Crippen MR) is 64.7 cm³/mol. The SMILES string of the molecule is O=S1CCCNC(c2ccccc2Cl)C1. The molecule has 0 bridgehead atoms. The summed E-state index contributed by atoms with van der Waals surface area (Å²) in [5, 5.41) is 4.15. The van der Waals surface area contributed by atoms with Crippen molar-refractivity contribution in [2.45, 2.75) is 12.5 Å². The Morgan fingerprint density at radius 1 is 1.40 bits per heavy atom. The summed E-state index contributed by atoms with van der Waals surface area (Å²) in [4.78, 5) is 0. The smallest absolute Gasteiger partial charge is 0.0454 e. The summed E-state index contributed by atoms with van der Waals surface area (Å²) in [5.74, 6) is 1.47. The van der Waals surface area contributed by atoms with Crippen LogP contribution in [0.1, 0.15) is 18.0 Å². The maximum Gasteiger partial charge on any atom is 0.0454 e. The second-order valence-electron chi connectivity index (χ2n) is 3.69. The van der Waals surface area contributed by atoms with Gasteiger partial charge in [-0.15, -0.1) is 0 Å². The molecule has 0 radical (unpaired) electrons. The summed E-state index contributed by atoms with van der Waals surface area (Å²) in [6.07, 6.45) is 0.980. The maximum absolute atomic E-state index is 11.6. The van der Waals surface area contributed by atoms with Gasteiger partial charge in [0.15, 0.2) is 0 Å². The van der Waals surface area contributed by atoms with E-state index in [0.717, 1.165) is 29.3 Å². The average molecular weight is 244 g/mol. The van der Waals surface area contributed by atoms with Gasteiger partial charge in [-0.05, 0) is 24.6 Å². The van der Waals surface area contributed by atoms with Gasteiger partial charge >= 0.3 is 0 Å². The third-order valence-electron chi connectivity index (χ3n) is 2.57. The zero-order valence-electron chi connectivity index (χ0n) is 8.41. The quantitative estimate of drug-likeness (QED) is 0.819. The van der Waals surface area contributed by atoms with E-state index < -0.39 is 10.8 Å². The predicted octanol–water partition coefficient (Wildman–Crippen LogP) is 2.12. The van der Waals surface area contributed by atoms with Gasteiger partial charge < -0.3 is 5.32 Å². The Morgan fingerprint density at radius 3 is 3.00 bits per heavy atom. The minimum atomic E-state index is -0.718. The minimum Gasteiger partial charge on any atom is -0.309 e. The molecule has 2 rings (SSSR count). The van der Waals surface area contributed by atoms with Crippen LogP contribution < -0.4 is 5.32 Å². The van der Waals surface area contributed by atoms with Gasteiger partial charge in [-0.2, -0.15) is 0 Å². The largest absolute Gasteiger partial charge is 0.309 e. The Labute approximate surface area is 97.5 Å². The summed E-state index contributed by atoms with van der Waals surface area (Å²) < 4.78 is 11.6. The monoisotopic (exact) mass is 243 g/mol. The molecule has 0 aromatic heterocycles. The second-order valence-corrected chi connectivity index (χ2v) is 5.72. The van der Waals surface area contributed by atoms with Crippen LogP contribution in [0.4, 0.5) is 0 Å². The fourth-order valence-corrected chi connectivity index (χ4v) is 3.36. The van der Waals surface area contributed by atoms with Crippen molar-refractivity contribution in [3.63, 3.8) is 0 Å². The van der Waals surface area contributed by atoms with E-state index in [9.17, 15) is 4.21 Å². The van der Waals surface area contributed by atoms with Crippen LogP contribution in [0, 0.1) is 0 Å². The van der Waals surface area contributed by atoms with E-state index in [2.05, 4.69) is 5.32 Å². The lowest BCUT2D eigenvalue weighted by Crippen LogP contribution is -2.24. The topological polar surface area (TPSA) is 29.1 Å². The standard InChI is InChI=1S/C11H14ClNOS/c12-10-5-2-1-4-9(10)11-8-15(14)7-3-6-13-11/h1-2,4-5,11,13H,3,6-8H2. The van der Waals surface area contributed by atoms with Crippen molar-refractivity contribution < 1.29 is 4.21 Å². The normalized spacial score (nSPS) is 27.3. The Kier molecular flexibility index (Phi) is 3.78. The first-order chi connectivity index (χ1) is 7.27. The lowest BCUT2D eigenvalue weighted by Gasteiger charge is -2.16. The van der Waals surface area contributed by atoms with Gasteiger partial charge in [0.05, 0.1) is 0 Å². The van der Waals surface area contributed by atoms with Crippen LogP contribution >= 0.6 is 11.6 Å². The molecule has 1 aliphatic rings. The minimum absolute atomic E-state index is 0.141. The summed E-state index contributed by atoms with van der Waals surface area (Å²) in [6, 6.07) is 7.91. The Balaban J connectivity index is 2.22. The van der Waals surface area contributed by atoms with Gasteiger partial charge in [0.1, 0.15) is 0 Å². The Morgan fingerprint density at radius 2 is 2.20 bits per heavy atom. The molecule has 0 amide bonds. The van der Waals surface area contributed by atoms with Crippen LogP contribution in [0.5, 0.6) is 0 Å². The lowest BCUT2D eigenvalue weighted by atomic mass is 10.1. The third-order valence-corrected chi connectivity index (χ3v) is 4.37. The molecule has 0 spiro atoms. The van der Waals surface area contributed by atoms with Gasteiger partial charge in [0.25, 0.3) is 0 Å². The summed E-state index contributed by atoms with van der Waals surface area (Å²) >= 11 is 6.12. The zero-order chi connectivity index (χ0) is 10.7. The van der Waals surface area contributed by atoms with Gasteiger partial charge in [0, 0.05) is 33.4 Å². The first-order valence-corrected chi connectivity index (χ1v) is 6.97. The molecule has 1 aromatic carbocycles. The fourth-order valence-electron chi connectivity index (χ4n) is 1.80. The summed E-state index contributed by atoms with van der Waals surface area (Å²) in [6.45, 7) is 0.918. The molecule has 1 fully saturated rings. The number of hydrogen-bond acceptors (Lipinski definition) is 2. The van der Waals surface area contributed by atoms with Crippen molar-refractivity contribution in [2.75, 3.05) is 18.1 Å². The number of hydrogen-bond donors (Lipinski definition) is 1. The fraction of sp³-hybridized carbons (Fsp3) is 0.455. The van der Waals surface area contributed by atoms with E-state index in [-0.39, 0.29) is 6.04 Å². The van der Waals surface area contributed by atoms with Gasteiger partial charge in [0.2, 0.25) is 0 Å². The van der Waals surface area contributed by atoms with Crippen molar-refractivity contribution in [2.24, 2.45) is 0 Å². The van der Waals surface area contributed by atoms with Crippen molar-refractivity contribution in [3.05, 3.63) is 34.9 Å². The molecule has 2 atom stereocenters. The second kappa shape index (κ2) is 5.10. The van der Waals surface area contributed by atoms with Gasteiger partial charge in [-0.3, -0.25) is 4.21 Å². The Hall–Kier alpha value is -0.380. The maximum atomic E-state index is 11.6. The van der Waals surface area contributed by atoms with Crippen molar-refractivity contribution in [1.29, 1.82) is 0 Å². The van der Waals surface area contributed by atoms with Gasteiger partial charge in [-0.25, -0.2) is 0 Å². The van der Waals surface area contributed by atoms with Crippen LogP contribution in [0.25, 0.3) is 0 Å². The molecule has 2 unspecified atom stereocenters. The van der Waals surface area contributed by atoms with Crippen molar-refractivity contribution in [1.82, 2.24) is 5.32 Å². The van der Waals surface area contributed by atoms with E-state index in [1.165, 1.54) is 0 Å². The van der Waals surface area contributed by atoms with Crippen LogP contribution in [0.15, 0.2) is 24.3 Å². The molecular weight excluding hydrogens is 230 g/mol. The molecule has 1 N–H and O–H groups in total. The molecule has 1 aromatic rings. The molecule has 1 saturated heterocycles. The highest BCUT2D eigenvalue weighted by atomic mass is 35.5. The zero-order valence-corrected chi connectivity index (χ0v) is 9.98. The first-order valence-electron chi connectivity index (χ1n) is 5.10. The molecular formula is C11H14ClNOS. The molecule has 0 saturated carbocycles. The van der Waals surface area contributed by atoms with Crippen LogP contribution in [0.3, 0.4) is 0 Å². The van der Waals surface area contributed by atoms with Gasteiger partial charge in [-0.1, -0.05) is 29.8 Å².